The van der Waals surface area contributed by atoms with Crippen LogP contribution in [0.3, 0.4) is 0 Å². The molecule has 2 aromatic rings. The monoisotopic (exact) mass is 337 g/mol. The van der Waals surface area contributed by atoms with Gasteiger partial charge >= 0.3 is 0 Å². The summed E-state index contributed by atoms with van der Waals surface area (Å²) in [7, 11) is -1.25. The van der Waals surface area contributed by atoms with Crippen molar-refractivity contribution in [3.63, 3.8) is 0 Å². The van der Waals surface area contributed by atoms with Crippen LogP contribution in [0.1, 0.15) is 40.4 Å². The van der Waals surface area contributed by atoms with E-state index in [2.05, 4.69) is 5.16 Å². The van der Waals surface area contributed by atoms with Crippen LogP contribution in [-0.2, 0) is 10.8 Å². The van der Waals surface area contributed by atoms with Crippen molar-refractivity contribution in [2.24, 2.45) is 0 Å². The van der Waals surface area contributed by atoms with Crippen molar-refractivity contribution < 1.29 is 18.3 Å². The second-order valence-electron chi connectivity index (χ2n) is 5.36. The van der Waals surface area contributed by atoms with E-state index in [4.69, 9.17) is 20.9 Å². The standard InChI is InChI=1S/C15H12ClNO4S/c16-11-4-3-9(14-15(11)22(19)6-5-20-14)12(18)10-7-17-21-13(10)8-1-2-8/h3-4,7-8H,1-2,5-6H2. The first-order chi connectivity index (χ1) is 10.7. The average Bonchev–Trinajstić information content (AvgIpc) is 3.24. The number of hydrogen-bond donors (Lipinski definition) is 0. The van der Waals surface area contributed by atoms with E-state index in [-0.39, 0.29) is 11.7 Å². The number of fused-ring (bicyclic) bond motifs is 1. The van der Waals surface area contributed by atoms with Crippen molar-refractivity contribution in [1.29, 1.82) is 0 Å². The van der Waals surface area contributed by atoms with Gasteiger partial charge in [-0.25, -0.2) is 0 Å². The summed E-state index contributed by atoms with van der Waals surface area (Å²) in [4.78, 5) is 13.2. The number of benzene rings is 1. The molecule has 1 atom stereocenters. The van der Waals surface area contributed by atoms with E-state index in [1.807, 2.05) is 0 Å². The third-order valence-corrected chi connectivity index (χ3v) is 5.67. The number of ether oxygens (including phenoxy) is 1. The minimum atomic E-state index is -1.25. The lowest BCUT2D eigenvalue weighted by atomic mass is 10.0. The van der Waals surface area contributed by atoms with Gasteiger partial charge in [-0.15, -0.1) is 0 Å². The Bertz CT molecular complexity index is 797. The van der Waals surface area contributed by atoms with Gasteiger partial charge in [-0.05, 0) is 25.0 Å². The molecule has 2 aliphatic rings. The Morgan fingerprint density at radius 1 is 1.32 bits per heavy atom. The molecule has 1 fully saturated rings. The van der Waals surface area contributed by atoms with Gasteiger partial charge in [-0.3, -0.25) is 9.00 Å². The fourth-order valence-corrected chi connectivity index (χ4v) is 4.11. The van der Waals surface area contributed by atoms with Gasteiger partial charge in [0.1, 0.15) is 17.3 Å². The Morgan fingerprint density at radius 2 is 2.14 bits per heavy atom. The number of hydrogen-bond acceptors (Lipinski definition) is 5. The zero-order valence-corrected chi connectivity index (χ0v) is 13.1. The van der Waals surface area contributed by atoms with Gasteiger partial charge in [-0.1, -0.05) is 16.8 Å². The smallest absolute Gasteiger partial charge is 0.202 e. The summed E-state index contributed by atoms with van der Waals surface area (Å²) in [6.45, 7) is 0.305. The lowest BCUT2D eigenvalue weighted by Crippen LogP contribution is -2.19. The van der Waals surface area contributed by atoms with Crippen molar-refractivity contribution in [3.8, 4) is 5.75 Å². The molecule has 1 unspecified atom stereocenters. The van der Waals surface area contributed by atoms with E-state index in [9.17, 15) is 9.00 Å². The van der Waals surface area contributed by atoms with Crippen LogP contribution in [0.15, 0.2) is 27.7 Å². The van der Waals surface area contributed by atoms with Crippen LogP contribution in [0, 0.1) is 0 Å². The molecular formula is C15H12ClNO4S. The average molecular weight is 338 g/mol. The molecule has 7 heteroatoms. The van der Waals surface area contributed by atoms with Gasteiger partial charge in [0.2, 0.25) is 5.78 Å². The zero-order valence-electron chi connectivity index (χ0n) is 11.5. The Morgan fingerprint density at radius 3 is 2.91 bits per heavy atom. The molecule has 1 aliphatic carbocycles. The SMILES string of the molecule is O=C(c1cnoc1C1CC1)c1ccc(Cl)c2c1OCCS2=O. The largest absolute Gasteiger partial charge is 0.491 e. The van der Waals surface area contributed by atoms with Crippen LogP contribution < -0.4 is 4.74 Å². The topological polar surface area (TPSA) is 69.4 Å². The number of nitrogens with zero attached hydrogens (tertiary/aromatic N) is 1. The first kappa shape index (κ1) is 14.0. The number of halogens is 1. The summed E-state index contributed by atoms with van der Waals surface area (Å²) < 4.78 is 23.0. The van der Waals surface area contributed by atoms with E-state index < -0.39 is 10.8 Å². The fourth-order valence-electron chi connectivity index (χ4n) is 2.60. The Balaban J connectivity index is 1.82. The molecule has 4 rings (SSSR count). The van der Waals surface area contributed by atoms with Gasteiger partial charge in [0.05, 0.1) is 38.9 Å². The number of carbonyl (C=O) groups excluding carboxylic acids is 1. The van der Waals surface area contributed by atoms with E-state index in [1.54, 1.807) is 12.1 Å². The van der Waals surface area contributed by atoms with E-state index >= 15 is 0 Å². The van der Waals surface area contributed by atoms with Crippen LogP contribution in [0.2, 0.25) is 5.02 Å². The Labute approximate surface area is 134 Å². The minimum Gasteiger partial charge on any atom is -0.491 e. The van der Waals surface area contributed by atoms with Crippen molar-refractivity contribution >= 4 is 28.2 Å². The van der Waals surface area contributed by atoms with E-state index in [0.29, 0.717) is 44.9 Å². The molecule has 0 bridgehead atoms. The second kappa shape index (κ2) is 5.21. The summed E-state index contributed by atoms with van der Waals surface area (Å²) >= 11 is 6.12. The molecule has 1 aromatic heterocycles. The normalized spacial score (nSPS) is 20.3. The summed E-state index contributed by atoms with van der Waals surface area (Å²) in [5, 5.41) is 4.11. The van der Waals surface area contributed by atoms with Crippen LogP contribution in [0.25, 0.3) is 0 Å². The lowest BCUT2D eigenvalue weighted by Gasteiger charge is -2.20. The minimum absolute atomic E-state index is 0.227. The summed E-state index contributed by atoms with van der Waals surface area (Å²) in [6.07, 6.45) is 3.46. The third kappa shape index (κ3) is 2.18. The Kier molecular flexibility index (Phi) is 3.31. The molecule has 1 aliphatic heterocycles. The van der Waals surface area contributed by atoms with Gasteiger partial charge in [0.15, 0.2) is 5.76 Å². The molecule has 0 N–H and O–H groups in total. The van der Waals surface area contributed by atoms with Crippen molar-refractivity contribution in [2.45, 2.75) is 23.7 Å². The molecule has 0 radical (unpaired) electrons. The van der Waals surface area contributed by atoms with Crippen LogP contribution in [0.4, 0.5) is 0 Å². The van der Waals surface area contributed by atoms with Crippen molar-refractivity contribution in [1.82, 2.24) is 5.16 Å². The molecule has 2 heterocycles. The van der Waals surface area contributed by atoms with E-state index in [1.165, 1.54) is 6.20 Å². The molecule has 0 spiro atoms. The second-order valence-corrected chi connectivity index (χ2v) is 7.27. The van der Waals surface area contributed by atoms with Gasteiger partial charge in [0.25, 0.3) is 0 Å². The van der Waals surface area contributed by atoms with E-state index in [0.717, 1.165) is 12.8 Å². The molecular weight excluding hydrogens is 326 g/mol. The molecule has 22 heavy (non-hydrogen) atoms. The first-order valence-corrected chi connectivity index (χ1v) is 8.69. The number of carbonyl (C=O) groups is 1. The maximum absolute atomic E-state index is 12.8. The van der Waals surface area contributed by atoms with Crippen LogP contribution in [0.5, 0.6) is 5.75 Å². The summed E-state index contributed by atoms with van der Waals surface area (Å²) in [6, 6.07) is 3.19. The number of rotatable bonds is 3. The number of ketones is 1. The molecule has 1 saturated carbocycles. The molecule has 0 amide bonds. The zero-order chi connectivity index (χ0) is 15.3. The van der Waals surface area contributed by atoms with Crippen molar-refractivity contribution in [3.05, 3.63) is 40.2 Å². The highest BCUT2D eigenvalue weighted by Gasteiger charge is 2.34. The lowest BCUT2D eigenvalue weighted by molar-refractivity contribution is 0.103. The number of aromatic nitrogens is 1. The predicted molar refractivity (Wildman–Crippen MR) is 80.1 cm³/mol. The first-order valence-electron chi connectivity index (χ1n) is 6.99. The van der Waals surface area contributed by atoms with Gasteiger partial charge in [-0.2, -0.15) is 0 Å². The Hall–Kier alpha value is -1.66. The molecule has 114 valence electrons. The maximum Gasteiger partial charge on any atom is 0.202 e. The highest BCUT2D eigenvalue weighted by atomic mass is 35.5. The van der Waals surface area contributed by atoms with Crippen LogP contribution in [-0.4, -0.2) is 27.5 Å². The third-order valence-electron chi connectivity index (χ3n) is 3.84. The van der Waals surface area contributed by atoms with Crippen molar-refractivity contribution in [2.75, 3.05) is 12.4 Å². The fraction of sp³-hybridized carbons (Fsp3) is 0.333. The summed E-state index contributed by atoms with van der Waals surface area (Å²) in [5.74, 6) is 1.38. The maximum atomic E-state index is 12.8. The summed E-state index contributed by atoms with van der Waals surface area (Å²) in [5.41, 5.74) is 0.810. The molecule has 0 saturated heterocycles. The van der Waals surface area contributed by atoms with Crippen LogP contribution >= 0.6 is 11.6 Å². The highest BCUT2D eigenvalue weighted by Crippen LogP contribution is 2.43. The quantitative estimate of drug-likeness (QED) is 0.805. The highest BCUT2D eigenvalue weighted by molar-refractivity contribution is 7.85. The van der Waals surface area contributed by atoms with Gasteiger partial charge < -0.3 is 9.26 Å². The predicted octanol–water partition coefficient (Wildman–Crippen LogP) is 2.94. The molecule has 1 aromatic carbocycles. The van der Waals surface area contributed by atoms with Gasteiger partial charge in [0, 0.05) is 5.92 Å². The molecule has 5 nitrogen and oxygen atoms in total.